The first-order valence-electron chi connectivity index (χ1n) is 10.8. The van der Waals surface area contributed by atoms with E-state index in [-0.39, 0.29) is 11.8 Å². The summed E-state index contributed by atoms with van der Waals surface area (Å²) in [5, 5.41) is 3.45. The summed E-state index contributed by atoms with van der Waals surface area (Å²) in [7, 11) is 1.55. The van der Waals surface area contributed by atoms with E-state index >= 15 is 0 Å². The van der Waals surface area contributed by atoms with Crippen molar-refractivity contribution in [1.82, 2.24) is 4.90 Å². The molecule has 0 aromatic heterocycles. The van der Waals surface area contributed by atoms with E-state index in [9.17, 15) is 9.59 Å². The number of piperazine rings is 1. The van der Waals surface area contributed by atoms with Crippen LogP contribution in [0.25, 0.3) is 0 Å². The van der Waals surface area contributed by atoms with Gasteiger partial charge in [-0.05, 0) is 48.0 Å². The second-order valence-electron chi connectivity index (χ2n) is 7.88. The molecular formula is C26H26ClN3O3. The van der Waals surface area contributed by atoms with Crippen LogP contribution in [0.15, 0.2) is 72.8 Å². The highest BCUT2D eigenvalue weighted by Gasteiger charge is 2.24. The van der Waals surface area contributed by atoms with E-state index in [1.54, 1.807) is 25.3 Å². The number of hydrogen-bond donors (Lipinski definition) is 1. The maximum Gasteiger partial charge on any atom is 0.257 e. The van der Waals surface area contributed by atoms with Crippen molar-refractivity contribution in [3.05, 3.63) is 88.9 Å². The first kappa shape index (κ1) is 22.7. The van der Waals surface area contributed by atoms with Crippen LogP contribution in [0.5, 0.6) is 5.75 Å². The van der Waals surface area contributed by atoms with Crippen molar-refractivity contribution in [2.45, 2.75) is 6.42 Å². The quantitative estimate of drug-likeness (QED) is 0.585. The SMILES string of the molecule is COc1ccc(Cl)cc1C(=O)N1CCN(c2ccc(NC(=O)Cc3ccccc3)cc2)CC1. The minimum atomic E-state index is -0.0783. The Morgan fingerprint density at radius 3 is 2.30 bits per heavy atom. The Balaban J connectivity index is 1.32. The highest BCUT2D eigenvalue weighted by molar-refractivity contribution is 6.31. The first-order valence-corrected chi connectivity index (χ1v) is 11.2. The highest BCUT2D eigenvalue weighted by Crippen LogP contribution is 2.25. The van der Waals surface area contributed by atoms with E-state index in [2.05, 4.69) is 10.2 Å². The number of ether oxygens (including phenoxy) is 1. The third-order valence-corrected chi connectivity index (χ3v) is 5.92. The molecule has 1 aliphatic rings. The second-order valence-corrected chi connectivity index (χ2v) is 8.32. The second kappa shape index (κ2) is 10.4. The van der Waals surface area contributed by atoms with E-state index in [1.165, 1.54) is 0 Å². The third kappa shape index (κ3) is 5.65. The summed E-state index contributed by atoms with van der Waals surface area (Å²) in [6.07, 6.45) is 0.343. The third-order valence-electron chi connectivity index (χ3n) is 5.68. The van der Waals surface area contributed by atoms with Crippen LogP contribution in [0.3, 0.4) is 0 Å². The number of hydrogen-bond acceptors (Lipinski definition) is 4. The number of nitrogens with one attached hydrogen (secondary N) is 1. The Labute approximate surface area is 198 Å². The van der Waals surface area contributed by atoms with Gasteiger partial charge in [0, 0.05) is 42.6 Å². The van der Waals surface area contributed by atoms with Gasteiger partial charge < -0.3 is 19.9 Å². The van der Waals surface area contributed by atoms with Gasteiger partial charge in [-0.2, -0.15) is 0 Å². The normalized spacial score (nSPS) is 13.5. The number of methoxy groups -OCH3 is 1. The van der Waals surface area contributed by atoms with Gasteiger partial charge in [-0.25, -0.2) is 0 Å². The van der Waals surface area contributed by atoms with Crippen LogP contribution in [-0.2, 0) is 11.2 Å². The van der Waals surface area contributed by atoms with Gasteiger partial charge in [-0.3, -0.25) is 9.59 Å². The van der Waals surface area contributed by atoms with Crippen molar-refractivity contribution in [3.8, 4) is 5.75 Å². The van der Waals surface area contributed by atoms with Gasteiger partial charge in [0.25, 0.3) is 5.91 Å². The summed E-state index contributed by atoms with van der Waals surface area (Å²) in [5.74, 6) is 0.403. The number of carbonyl (C=O) groups excluding carboxylic acids is 2. The zero-order chi connectivity index (χ0) is 23.2. The lowest BCUT2D eigenvalue weighted by Gasteiger charge is -2.36. The van der Waals surface area contributed by atoms with Gasteiger partial charge in [0.2, 0.25) is 5.91 Å². The minimum Gasteiger partial charge on any atom is -0.496 e. The molecule has 6 nitrogen and oxygen atoms in total. The van der Waals surface area contributed by atoms with Gasteiger partial charge in [0.15, 0.2) is 0 Å². The van der Waals surface area contributed by atoms with Crippen LogP contribution in [-0.4, -0.2) is 50.0 Å². The number of nitrogens with zero attached hydrogens (tertiary/aromatic N) is 2. The largest absolute Gasteiger partial charge is 0.496 e. The molecule has 0 aliphatic carbocycles. The number of rotatable bonds is 6. The van der Waals surface area contributed by atoms with Crippen molar-refractivity contribution in [2.24, 2.45) is 0 Å². The average Bonchev–Trinajstić information content (AvgIpc) is 2.85. The number of amides is 2. The summed E-state index contributed by atoms with van der Waals surface area (Å²) in [4.78, 5) is 29.3. The summed E-state index contributed by atoms with van der Waals surface area (Å²) in [6.45, 7) is 2.64. The fourth-order valence-corrected chi connectivity index (χ4v) is 4.10. The summed E-state index contributed by atoms with van der Waals surface area (Å²) in [6, 6.07) is 22.6. The van der Waals surface area contributed by atoms with Crippen molar-refractivity contribution < 1.29 is 14.3 Å². The minimum absolute atomic E-state index is 0.0440. The highest BCUT2D eigenvalue weighted by atomic mass is 35.5. The van der Waals surface area contributed by atoms with E-state index in [1.807, 2.05) is 59.5 Å². The number of halogens is 1. The summed E-state index contributed by atoms with van der Waals surface area (Å²) in [5.41, 5.74) is 3.29. The maximum atomic E-state index is 13.0. The standard InChI is InChI=1S/C26H26ClN3O3/c1-33-24-12-7-20(27)18-23(24)26(32)30-15-13-29(14-16-30)22-10-8-21(9-11-22)28-25(31)17-19-5-3-2-4-6-19/h2-12,18H,13-17H2,1H3,(H,28,31). The Morgan fingerprint density at radius 2 is 1.64 bits per heavy atom. The van der Waals surface area contributed by atoms with E-state index in [0.29, 0.717) is 48.9 Å². The zero-order valence-corrected chi connectivity index (χ0v) is 19.2. The molecule has 0 saturated carbocycles. The van der Waals surface area contributed by atoms with Crippen molar-refractivity contribution in [1.29, 1.82) is 0 Å². The van der Waals surface area contributed by atoms with Crippen LogP contribution in [0.2, 0.25) is 5.02 Å². The Hall–Kier alpha value is -3.51. The van der Waals surface area contributed by atoms with Gasteiger partial charge in [-0.15, -0.1) is 0 Å². The Morgan fingerprint density at radius 1 is 0.939 bits per heavy atom. The summed E-state index contributed by atoms with van der Waals surface area (Å²) >= 11 is 6.08. The van der Waals surface area contributed by atoms with E-state index in [0.717, 1.165) is 16.9 Å². The average molecular weight is 464 g/mol. The van der Waals surface area contributed by atoms with E-state index in [4.69, 9.17) is 16.3 Å². The molecule has 3 aromatic rings. The molecule has 0 bridgehead atoms. The number of carbonyl (C=O) groups is 2. The topological polar surface area (TPSA) is 61.9 Å². The molecule has 0 radical (unpaired) electrons. The molecule has 1 N–H and O–H groups in total. The molecule has 170 valence electrons. The molecule has 1 heterocycles. The molecule has 1 aliphatic heterocycles. The molecule has 0 unspecified atom stereocenters. The van der Waals surface area contributed by atoms with Gasteiger partial charge >= 0.3 is 0 Å². The van der Waals surface area contributed by atoms with Crippen LogP contribution < -0.4 is 15.0 Å². The number of anilines is 2. The summed E-state index contributed by atoms with van der Waals surface area (Å²) < 4.78 is 5.33. The number of benzene rings is 3. The smallest absolute Gasteiger partial charge is 0.257 e. The van der Waals surface area contributed by atoms with Crippen LogP contribution in [0.1, 0.15) is 15.9 Å². The monoisotopic (exact) mass is 463 g/mol. The lowest BCUT2D eigenvalue weighted by Crippen LogP contribution is -2.48. The molecule has 1 fully saturated rings. The molecule has 33 heavy (non-hydrogen) atoms. The molecule has 2 amide bonds. The molecule has 3 aromatic carbocycles. The molecule has 7 heteroatoms. The first-order chi connectivity index (χ1) is 16.0. The molecule has 0 spiro atoms. The Bertz CT molecular complexity index is 1110. The molecule has 0 atom stereocenters. The van der Waals surface area contributed by atoms with E-state index < -0.39 is 0 Å². The van der Waals surface area contributed by atoms with Gasteiger partial charge in [0.05, 0.1) is 19.1 Å². The van der Waals surface area contributed by atoms with Gasteiger partial charge in [-0.1, -0.05) is 41.9 Å². The van der Waals surface area contributed by atoms with Crippen molar-refractivity contribution in [2.75, 3.05) is 43.5 Å². The zero-order valence-electron chi connectivity index (χ0n) is 18.5. The predicted molar refractivity (Wildman–Crippen MR) is 131 cm³/mol. The van der Waals surface area contributed by atoms with Gasteiger partial charge in [0.1, 0.15) is 5.75 Å². The fourth-order valence-electron chi connectivity index (χ4n) is 3.93. The van der Waals surface area contributed by atoms with Crippen LogP contribution in [0.4, 0.5) is 11.4 Å². The van der Waals surface area contributed by atoms with Crippen LogP contribution in [0, 0.1) is 0 Å². The predicted octanol–water partition coefficient (Wildman–Crippen LogP) is 4.49. The van der Waals surface area contributed by atoms with Crippen molar-refractivity contribution in [3.63, 3.8) is 0 Å². The molecule has 1 saturated heterocycles. The fraction of sp³-hybridized carbons (Fsp3) is 0.231. The lowest BCUT2D eigenvalue weighted by atomic mass is 10.1. The molecule has 4 rings (SSSR count). The van der Waals surface area contributed by atoms with Crippen molar-refractivity contribution >= 4 is 34.8 Å². The Kier molecular flexibility index (Phi) is 7.15. The maximum absolute atomic E-state index is 13.0. The molecular weight excluding hydrogens is 438 g/mol. The lowest BCUT2D eigenvalue weighted by molar-refractivity contribution is -0.115. The van der Waals surface area contributed by atoms with Crippen LogP contribution >= 0.6 is 11.6 Å².